The Morgan fingerprint density at radius 2 is 2.05 bits per heavy atom. The zero-order valence-electron chi connectivity index (χ0n) is 11.1. The van der Waals surface area contributed by atoms with Crippen molar-refractivity contribution in [1.82, 2.24) is 9.97 Å². The molecule has 2 aromatic rings. The number of carboxylic acids is 1. The SMILES string of the molecule is CCc1cc(C(=O)O)c(-c2cc(Cl)ncc2OC)cn1. The average molecular weight is 293 g/mol. The molecule has 0 fully saturated rings. The standard InChI is InChI=1S/C14H13ClN2O3/c1-3-8-4-10(14(18)19)11(6-16-8)9-5-13(15)17-7-12(9)20-2/h4-7H,3H2,1-2H3,(H,18,19). The van der Waals surface area contributed by atoms with E-state index < -0.39 is 5.97 Å². The summed E-state index contributed by atoms with van der Waals surface area (Å²) in [6, 6.07) is 3.13. The summed E-state index contributed by atoms with van der Waals surface area (Å²) >= 11 is 5.88. The number of nitrogens with zero attached hydrogens (tertiary/aromatic N) is 2. The van der Waals surface area contributed by atoms with Crippen LogP contribution in [0.15, 0.2) is 24.5 Å². The topological polar surface area (TPSA) is 72.3 Å². The van der Waals surface area contributed by atoms with Crippen LogP contribution in [0.5, 0.6) is 5.75 Å². The number of rotatable bonds is 4. The molecule has 0 radical (unpaired) electrons. The van der Waals surface area contributed by atoms with Crippen molar-refractivity contribution in [2.45, 2.75) is 13.3 Å². The molecular formula is C14H13ClN2O3. The van der Waals surface area contributed by atoms with Gasteiger partial charge in [-0.3, -0.25) is 4.98 Å². The van der Waals surface area contributed by atoms with E-state index in [1.54, 1.807) is 12.1 Å². The van der Waals surface area contributed by atoms with E-state index in [1.807, 2.05) is 6.92 Å². The Labute approximate surface area is 121 Å². The molecule has 1 N–H and O–H groups in total. The van der Waals surface area contributed by atoms with Crippen molar-refractivity contribution < 1.29 is 14.6 Å². The van der Waals surface area contributed by atoms with Gasteiger partial charge in [-0.2, -0.15) is 0 Å². The normalized spacial score (nSPS) is 10.3. The van der Waals surface area contributed by atoms with E-state index in [0.29, 0.717) is 29.0 Å². The Morgan fingerprint density at radius 1 is 1.30 bits per heavy atom. The molecular weight excluding hydrogens is 280 g/mol. The van der Waals surface area contributed by atoms with E-state index in [0.717, 1.165) is 0 Å². The highest BCUT2D eigenvalue weighted by Crippen LogP contribution is 2.33. The van der Waals surface area contributed by atoms with Crippen molar-refractivity contribution in [3.05, 3.63) is 40.9 Å². The van der Waals surface area contributed by atoms with Crippen molar-refractivity contribution in [3.63, 3.8) is 0 Å². The molecule has 2 rings (SSSR count). The van der Waals surface area contributed by atoms with Crippen LogP contribution in [-0.4, -0.2) is 28.2 Å². The lowest BCUT2D eigenvalue weighted by atomic mass is 10.0. The van der Waals surface area contributed by atoms with Gasteiger partial charge in [-0.15, -0.1) is 0 Å². The minimum absolute atomic E-state index is 0.164. The molecule has 0 aliphatic carbocycles. The lowest BCUT2D eigenvalue weighted by Crippen LogP contribution is -2.03. The Kier molecular flexibility index (Phi) is 4.20. The van der Waals surface area contributed by atoms with Gasteiger partial charge in [0, 0.05) is 23.0 Å². The fraction of sp³-hybridized carbons (Fsp3) is 0.214. The van der Waals surface area contributed by atoms with Crippen molar-refractivity contribution in [1.29, 1.82) is 0 Å². The highest BCUT2D eigenvalue weighted by molar-refractivity contribution is 6.29. The monoisotopic (exact) mass is 292 g/mol. The second-order valence-electron chi connectivity index (χ2n) is 4.09. The first-order valence-electron chi connectivity index (χ1n) is 5.99. The van der Waals surface area contributed by atoms with Crippen LogP contribution in [0.3, 0.4) is 0 Å². The van der Waals surface area contributed by atoms with Gasteiger partial charge in [0.2, 0.25) is 0 Å². The summed E-state index contributed by atoms with van der Waals surface area (Å²) in [4.78, 5) is 19.6. The van der Waals surface area contributed by atoms with Gasteiger partial charge in [-0.25, -0.2) is 9.78 Å². The van der Waals surface area contributed by atoms with E-state index in [1.165, 1.54) is 19.5 Å². The zero-order valence-corrected chi connectivity index (χ0v) is 11.8. The van der Waals surface area contributed by atoms with Crippen LogP contribution in [0, 0.1) is 0 Å². The second kappa shape index (κ2) is 5.88. The van der Waals surface area contributed by atoms with Gasteiger partial charge in [-0.05, 0) is 18.6 Å². The first-order chi connectivity index (χ1) is 9.56. The number of hydrogen-bond acceptors (Lipinski definition) is 4. The molecule has 2 heterocycles. The number of carbonyl (C=O) groups is 1. The second-order valence-corrected chi connectivity index (χ2v) is 4.47. The van der Waals surface area contributed by atoms with Crippen molar-refractivity contribution in [3.8, 4) is 16.9 Å². The molecule has 0 bridgehead atoms. The third kappa shape index (κ3) is 2.72. The Bertz CT molecular complexity index is 659. The van der Waals surface area contributed by atoms with Crippen molar-refractivity contribution in [2.24, 2.45) is 0 Å². The number of aromatic carboxylic acids is 1. The summed E-state index contributed by atoms with van der Waals surface area (Å²) in [6.07, 6.45) is 3.64. The highest BCUT2D eigenvalue weighted by atomic mass is 35.5. The van der Waals surface area contributed by atoms with Crippen LogP contribution in [0.1, 0.15) is 23.0 Å². The highest BCUT2D eigenvalue weighted by Gasteiger charge is 2.17. The molecule has 0 amide bonds. The van der Waals surface area contributed by atoms with Crippen LogP contribution < -0.4 is 4.74 Å². The predicted octanol–water partition coefficient (Wildman–Crippen LogP) is 3.07. The van der Waals surface area contributed by atoms with Crippen molar-refractivity contribution >= 4 is 17.6 Å². The molecule has 0 aromatic carbocycles. The van der Waals surface area contributed by atoms with Gasteiger partial charge in [0.25, 0.3) is 0 Å². The molecule has 20 heavy (non-hydrogen) atoms. The summed E-state index contributed by atoms with van der Waals surface area (Å²) in [5.74, 6) is -0.574. The fourth-order valence-corrected chi connectivity index (χ4v) is 2.03. The van der Waals surface area contributed by atoms with Crippen LogP contribution >= 0.6 is 11.6 Å². The van der Waals surface area contributed by atoms with Crippen LogP contribution in [-0.2, 0) is 6.42 Å². The summed E-state index contributed by atoms with van der Waals surface area (Å²) < 4.78 is 5.20. The van der Waals surface area contributed by atoms with Gasteiger partial charge < -0.3 is 9.84 Å². The molecule has 2 aromatic heterocycles. The first kappa shape index (κ1) is 14.3. The van der Waals surface area contributed by atoms with Gasteiger partial charge in [0.1, 0.15) is 10.9 Å². The summed E-state index contributed by atoms with van der Waals surface area (Å²) in [5, 5.41) is 9.62. The molecule has 0 saturated carbocycles. The Hall–Kier alpha value is -2.14. The lowest BCUT2D eigenvalue weighted by molar-refractivity contribution is 0.0697. The molecule has 0 aliphatic rings. The Morgan fingerprint density at radius 3 is 2.65 bits per heavy atom. The maximum absolute atomic E-state index is 11.4. The molecule has 0 atom stereocenters. The van der Waals surface area contributed by atoms with Gasteiger partial charge in [0.05, 0.1) is 18.9 Å². The fourth-order valence-electron chi connectivity index (χ4n) is 1.87. The lowest BCUT2D eigenvalue weighted by Gasteiger charge is -2.11. The van der Waals surface area contributed by atoms with Crippen LogP contribution in [0.4, 0.5) is 0 Å². The van der Waals surface area contributed by atoms with Crippen molar-refractivity contribution in [2.75, 3.05) is 7.11 Å². The number of ether oxygens (including phenoxy) is 1. The van der Waals surface area contributed by atoms with Gasteiger partial charge >= 0.3 is 5.97 Å². The number of carboxylic acid groups (broad SMARTS) is 1. The average Bonchev–Trinajstić information content (AvgIpc) is 2.46. The van der Waals surface area contributed by atoms with E-state index in [4.69, 9.17) is 16.3 Å². The number of hydrogen-bond donors (Lipinski definition) is 1. The Balaban J connectivity index is 2.68. The summed E-state index contributed by atoms with van der Waals surface area (Å²) in [5.41, 5.74) is 1.89. The van der Waals surface area contributed by atoms with Gasteiger partial charge in [0.15, 0.2) is 0 Å². The van der Waals surface area contributed by atoms with Gasteiger partial charge in [-0.1, -0.05) is 18.5 Å². The maximum atomic E-state index is 11.4. The number of pyridine rings is 2. The largest absolute Gasteiger partial charge is 0.494 e. The molecule has 0 unspecified atom stereocenters. The number of methoxy groups -OCH3 is 1. The van der Waals surface area contributed by atoms with E-state index in [9.17, 15) is 9.90 Å². The number of aryl methyl sites for hydroxylation is 1. The number of aromatic nitrogens is 2. The molecule has 5 nitrogen and oxygen atoms in total. The molecule has 0 aliphatic heterocycles. The van der Waals surface area contributed by atoms with E-state index in [2.05, 4.69) is 9.97 Å². The minimum atomic E-state index is -1.02. The third-order valence-electron chi connectivity index (χ3n) is 2.90. The molecule has 0 saturated heterocycles. The van der Waals surface area contributed by atoms with Crippen LogP contribution in [0.2, 0.25) is 5.15 Å². The predicted molar refractivity (Wildman–Crippen MR) is 75.4 cm³/mol. The van der Waals surface area contributed by atoms with E-state index in [-0.39, 0.29) is 10.7 Å². The van der Waals surface area contributed by atoms with E-state index >= 15 is 0 Å². The first-order valence-corrected chi connectivity index (χ1v) is 6.36. The zero-order chi connectivity index (χ0) is 14.7. The number of halogens is 1. The minimum Gasteiger partial charge on any atom is -0.494 e. The third-order valence-corrected chi connectivity index (χ3v) is 3.10. The quantitative estimate of drug-likeness (QED) is 0.877. The maximum Gasteiger partial charge on any atom is 0.336 e. The smallest absolute Gasteiger partial charge is 0.336 e. The summed E-state index contributed by atoms with van der Waals surface area (Å²) in [6.45, 7) is 1.91. The molecule has 0 spiro atoms. The summed E-state index contributed by atoms with van der Waals surface area (Å²) in [7, 11) is 1.49. The van der Waals surface area contributed by atoms with Crippen LogP contribution in [0.25, 0.3) is 11.1 Å². The molecule has 6 heteroatoms. The molecule has 104 valence electrons.